The monoisotopic (exact) mass is 222 g/mol. The summed E-state index contributed by atoms with van der Waals surface area (Å²) in [6, 6.07) is 3.27. The molecule has 0 aliphatic carbocycles. The van der Waals surface area contributed by atoms with E-state index in [0.717, 1.165) is 5.01 Å². The standard InChI is InChI=1S/C10H14N4O2/c1-6(11)5-14(12)8-4-3-7(2)13-9(8)10(15)16/h3-5H,11-12H2,1-2H3,(H,15,16)/b6-5-. The SMILES string of the molecule is C/C(N)=C/N(N)c1ccc(C)nc1C(=O)O. The van der Waals surface area contributed by atoms with Gasteiger partial charge in [-0.2, -0.15) is 0 Å². The number of rotatable bonds is 3. The van der Waals surface area contributed by atoms with Gasteiger partial charge in [0.1, 0.15) is 0 Å². The minimum Gasteiger partial charge on any atom is -0.476 e. The van der Waals surface area contributed by atoms with Gasteiger partial charge in [-0.15, -0.1) is 0 Å². The smallest absolute Gasteiger partial charge is 0.356 e. The number of allylic oxidation sites excluding steroid dienone is 1. The predicted molar refractivity (Wildman–Crippen MR) is 60.5 cm³/mol. The van der Waals surface area contributed by atoms with Crippen LogP contribution in [0.3, 0.4) is 0 Å². The van der Waals surface area contributed by atoms with Crippen molar-refractivity contribution in [3.63, 3.8) is 0 Å². The molecule has 6 nitrogen and oxygen atoms in total. The Bertz CT molecular complexity index is 438. The lowest BCUT2D eigenvalue weighted by Gasteiger charge is -2.16. The number of carbonyl (C=O) groups is 1. The number of nitrogens with zero attached hydrogens (tertiary/aromatic N) is 2. The summed E-state index contributed by atoms with van der Waals surface area (Å²) in [5.41, 5.74) is 6.74. The zero-order valence-corrected chi connectivity index (χ0v) is 9.14. The summed E-state index contributed by atoms with van der Waals surface area (Å²) < 4.78 is 0. The van der Waals surface area contributed by atoms with Gasteiger partial charge in [-0.1, -0.05) is 0 Å². The van der Waals surface area contributed by atoms with Crippen LogP contribution in [0.15, 0.2) is 24.0 Å². The molecule has 0 saturated carbocycles. The van der Waals surface area contributed by atoms with Crippen molar-refractivity contribution in [2.24, 2.45) is 11.6 Å². The molecule has 0 fully saturated rings. The van der Waals surface area contributed by atoms with Crippen molar-refractivity contribution in [2.75, 3.05) is 5.01 Å². The van der Waals surface area contributed by atoms with Gasteiger partial charge in [0.2, 0.25) is 0 Å². The van der Waals surface area contributed by atoms with Gasteiger partial charge >= 0.3 is 5.97 Å². The summed E-state index contributed by atoms with van der Waals surface area (Å²) in [7, 11) is 0. The van der Waals surface area contributed by atoms with E-state index in [4.69, 9.17) is 16.7 Å². The molecule has 1 rings (SSSR count). The maximum absolute atomic E-state index is 11.0. The Balaban J connectivity index is 3.22. The number of hydrogen-bond acceptors (Lipinski definition) is 5. The van der Waals surface area contributed by atoms with E-state index in [2.05, 4.69) is 4.98 Å². The van der Waals surface area contributed by atoms with Crippen molar-refractivity contribution in [3.05, 3.63) is 35.4 Å². The molecule has 0 atom stereocenters. The molecule has 1 aromatic rings. The van der Waals surface area contributed by atoms with Gasteiger partial charge in [0, 0.05) is 17.6 Å². The van der Waals surface area contributed by atoms with E-state index in [1.165, 1.54) is 6.20 Å². The van der Waals surface area contributed by atoms with Crippen molar-refractivity contribution >= 4 is 11.7 Å². The molecule has 86 valence electrons. The third-order valence-corrected chi connectivity index (χ3v) is 1.84. The predicted octanol–water partition coefficient (Wildman–Crippen LogP) is 0.588. The summed E-state index contributed by atoms with van der Waals surface area (Å²) in [5, 5.41) is 10.1. The average Bonchev–Trinajstić information content (AvgIpc) is 2.16. The molecule has 5 N–H and O–H groups in total. The number of aromatic nitrogens is 1. The lowest BCUT2D eigenvalue weighted by Crippen LogP contribution is -2.28. The van der Waals surface area contributed by atoms with Gasteiger partial charge in [-0.05, 0) is 26.0 Å². The molecule has 1 aromatic heterocycles. The molecular formula is C10H14N4O2. The van der Waals surface area contributed by atoms with Crippen LogP contribution in [0, 0.1) is 6.92 Å². The average molecular weight is 222 g/mol. The first-order valence-electron chi connectivity index (χ1n) is 4.60. The molecule has 0 spiro atoms. The van der Waals surface area contributed by atoms with Crippen molar-refractivity contribution < 1.29 is 9.90 Å². The Morgan fingerprint density at radius 2 is 2.19 bits per heavy atom. The lowest BCUT2D eigenvalue weighted by molar-refractivity contribution is 0.0691. The molecule has 0 aromatic carbocycles. The van der Waals surface area contributed by atoms with Crippen molar-refractivity contribution in [1.29, 1.82) is 0 Å². The first-order chi connectivity index (χ1) is 7.41. The molecule has 0 radical (unpaired) electrons. The summed E-state index contributed by atoms with van der Waals surface area (Å²) in [6.07, 6.45) is 1.43. The highest BCUT2D eigenvalue weighted by molar-refractivity contribution is 5.92. The molecule has 1 heterocycles. The molecule has 0 aliphatic rings. The zero-order chi connectivity index (χ0) is 12.3. The van der Waals surface area contributed by atoms with Crippen LogP contribution in [0.2, 0.25) is 0 Å². The molecule has 16 heavy (non-hydrogen) atoms. The second kappa shape index (κ2) is 4.63. The summed E-state index contributed by atoms with van der Waals surface area (Å²) in [4.78, 5) is 14.9. The Morgan fingerprint density at radius 3 is 2.69 bits per heavy atom. The summed E-state index contributed by atoms with van der Waals surface area (Å²) >= 11 is 0. The van der Waals surface area contributed by atoms with E-state index >= 15 is 0 Å². The quantitative estimate of drug-likeness (QED) is 0.510. The molecule has 0 unspecified atom stereocenters. The van der Waals surface area contributed by atoms with Gasteiger partial charge < -0.3 is 10.8 Å². The molecule has 0 aliphatic heterocycles. The van der Waals surface area contributed by atoms with Crippen LogP contribution in [0.25, 0.3) is 0 Å². The summed E-state index contributed by atoms with van der Waals surface area (Å²) in [6.45, 7) is 3.36. The maximum Gasteiger partial charge on any atom is 0.356 e. The number of carboxylic acids is 1. The fourth-order valence-corrected chi connectivity index (χ4v) is 1.20. The van der Waals surface area contributed by atoms with Crippen LogP contribution in [-0.4, -0.2) is 16.1 Å². The van der Waals surface area contributed by atoms with E-state index in [0.29, 0.717) is 17.1 Å². The highest BCUT2D eigenvalue weighted by atomic mass is 16.4. The molecule has 0 amide bonds. The first-order valence-corrected chi connectivity index (χ1v) is 4.60. The van der Waals surface area contributed by atoms with Crippen LogP contribution >= 0.6 is 0 Å². The number of hydrazine groups is 1. The zero-order valence-electron chi connectivity index (χ0n) is 9.14. The van der Waals surface area contributed by atoms with E-state index in [-0.39, 0.29) is 5.69 Å². The second-order valence-corrected chi connectivity index (χ2v) is 3.41. The molecule has 6 heteroatoms. The van der Waals surface area contributed by atoms with Crippen LogP contribution < -0.4 is 16.6 Å². The number of carboxylic acid groups (broad SMARTS) is 1. The van der Waals surface area contributed by atoms with E-state index < -0.39 is 5.97 Å². The van der Waals surface area contributed by atoms with E-state index in [1.54, 1.807) is 26.0 Å². The number of anilines is 1. The van der Waals surface area contributed by atoms with Crippen molar-refractivity contribution in [1.82, 2.24) is 4.98 Å². The Hall–Kier alpha value is -2.08. The van der Waals surface area contributed by atoms with Crippen molar-refractivity contribution in [3.8, 4) is 0 Å². The fraction of sp³-hybridized carbons (Fsp3) is 0.200. The third kappa shape index (κ3) is 2.71. The molecule has 0 bridgehead atoms. The largest absolute Gasteiger partial charge is 0.476 e. The topological polar surface area (TPSA) is 105 Å². The summed E-state index contributed by atoms with van der Waals surface area (Å²) in [5.74, 6) is 4.53. The van der Waals surface area contributed by atoms with Gasteiger partial charge in [-0.25, -0.2) is 15.6 Å². The maximum atomic E-state index is 11.0. The van der Waals surface area contributed by atoms with Crippen LogP contribution in [0.4, 0.5) is 5.69 Å². The third-order valence-electron chi connectivity index (χ3n) is 1.84. The lowest BCUT2D eigenvalue weighted by atomic mass is 10.2. The second-order valence-electron chi connectivity index (χ2n) is 3.41. The normalized spacial score (nSPS) is 11.3. The molecular weight excluding hydrogens is 208 g/mol. The van der Waals surface area contributed by atoms with Crippen molar-refractivity contribution in [2.45, 2.75) is 13.8 Å². The highest BCUT2D eigenvalue weighted by Gasteiger charge is 2.14. The number of nitrogens with two attached hydrogens (primary N) is 2. The fourth-order valence-electron chi connectivity index (χ4n) is 1.20. The van der Waals surface area contributed by atoms with Crippen LogP contribution in [0.5, 0.6) is 0 Å². The van der Waals surface area contributed by atoms with Crippen LogP contribution in [-0.2, 0) is 0 Å². The number of aryl methyl sites for hydroxylation is 1. The van der Waals surface area contributed by atoms with Gasteiger partial charge in [0.15, 0.2) is 5.69 Å². The van der Waals surface area contributed by atoms with Crippen LogP contribution in [0.1, 0.15) is 23.1 Å². The van der Waals surface area contributed by atoms with E-state index in [9.17, 15) is 4.79 Å². The number of pyridine rings is 1. The van der Waals surface area contributed by atoms with Gasteiger partial charge in [0.25, 0.3) is 0 Å². The Morgan fingerprint density at radius 1 is 1.56 bits per heavy atom. The Labute approximate surface area is 93.2 Å². The van der Waals surface area contributed by atoms with Gasteiger partial charge in [0.05, 0.1) is 5.69 Å². The minimum atomic E-state index is -1.13. The molecule has 0 saturated heterocycles. The first kappa shape index (κ1) is 12.0. The number of aromatic carboxylic acids is 1. The highest BCUT2D eigenvalue weighted by Crippen LogP contribution is 2.17. The van der Waals surface area contributed by atoms with E-state index in [1.807, 2.05) is 0 Å². The van der Waals surface area contributed by atoms with Gasteiger partial charge in [-0.3, -0.25) is 5.01 Å². The minimum absolute atomic E-state index is 0.0972. The number of hydrogen-bond donors (Lipinski definition) is 3. The Kier molecular flexibility index (Phi) is 3.47.